The summed E-state index contributed by atoms with van der Waals surface area (Å²) in [6.07, 6.45) is 5.36. The Morgan fingerprint density at radius 2 is 2.11 bits per heavy atom. The number of carbonyl (C=O) groups is 1. The number of methoxy groups -OCH3 is 1. The van der Waals surface area contributed by atoms with Crippen molar-refractivity contribution in [2.75, 3.05) is 25.3 Å². The fourth-order valence-electron chi connectivity index (χ4n) is 3.49. The van der Waals surface area contributed by atoms with Gasteiger partial charge in [-0.1, -0.05) is 23.7 Å². The summed E-state index contributed by atoms with van der Waals surface area (Å²) in [4.78, 5) is 25.5. The van der Waals surface area contributed by atoms with Crippen molar-refractivity contribution in [2.45, 2.75) is 12.5 Å². The third-order valence-corrected chi connectivity index (χ3v) is 6.02. The lowest BCUT2D eigenvalue weighted by Crippen LogP contribution is -2.47. The highest BCUT2D eigenvalue weighted by molar-refractivity contribution is 8.13. The van der Waals surface area contributed by atoms with E-state index in [4.69, 9.17) is 21.3 Å². The van der Waals surface area contributed by atoms with Crippen LogP contribution < -0.4 is 5.32 Å². The maximum absolute atomic E-state index is 13.2. The van der Waals surface area contributed by atoms with Gasteiger partial charge in [-0.25, -0.2) is 9.98 Å². The Morgan fingerprint density at radius 1 is 1.32 bits per heavy atom. The molecule has 3 aromatic rings. The van der Waals surface area contributed by atoms with E-state index in [9.17, 15) is 4.79 Å². The summed E-state index contributed by atoms with van der Waals surface area (Å²) in [5, 5.41) is 5.56. The summed E-state index contributed by atoms with van der Waals surface area (Å²) in [5.41, 5.74) is 2.52. The van der Waals surface area contributed by atoms with E-state index in [1.165, 1.54) is 0 Å². The molecule has 6 nitrogen and oxygen atoms in total. The number of hydrogen-bond acceptors (Lipinski definition) is 6. The number of nitrogens with one attached hydrogen (secondary N) is 2. The van der Waals surface area contributed by atoms with Gasteiger partial charge < -0.3 is 15.0 Å². The Balaban J connectivity index is 1.91. The van der Waals surface area contributed by atoms with Crippen molar-refractivity contribution >= 4 is 56.6 Å². The second-order valence-corrected chi connectivity index (χ2v) is 7.97. The van der Waals surface area contributed by atoms with Crippen LogP contribution >= 0.6 is 23.4 Å². The second kappa shape index (κ2) is 7.24. The van der Waals surface area contributed by atoms with Gasteiger partial charge in [0.15, 0.2) is 5.78 Å². The minimum Gasteiger partial charge on any atom is -0.382 e. The molecule has 0 saturated carbocycles. The molecule has 8 heteroatoms. The lowest BCUT2D eigenvalue weighted by atomic mass is 9.98. The number of aromatic amines is 1. The van der Waals surface area contributed by atoms with Crippen LogP contribution in [-0.2, 0) is 4.74 Å². The van der Waals surface area contributed by atoms with Crippen molar-refractivity contribution in [3.63, 3.8) is 0 Å². The molecule has 0 spiro atoms. The Morgan fingerprint density at radius 3 is 2.82 bits per heavy atom. The van der Waals surface area contributed by atoms with Gasteiger partial charge in [0, 0.05) is 18.9 Å². The number of H-pyrrole nitrogens is 1. The number of aromatic nitrogens is 2. The largest absolute Gasteiger partial charge is 0.382 e. The van der Waals surface area contributed by atoms with Crippen LogP contribution in [0.2, 0.25) is 5.02 Å². The van der Waals surface area contributed by atoms with Crippen molar-refractivity contribution in [2.24, 2.45) is 4.99 Å². The van der Waals surface area contributed by atoms with Gasteiger partial charge in [-0.05, 0) is 25.3 Å². The van der Waals surface area contributed by atoms with Gasteiger partial charge in [0.2, 0.25) is 0 Å². The minimum atomic E-state index is -0.503. The molecule has 3 heterocycles. The van der Waals surface area contributed by atoms with Crippen molar-refractivity contribution in [1.82, 2.24) is 9.97 Å². The van der Waals surface area contributed by atoms with Gasteiger partial charge in [0.1, 0.15) is 21.9 Å². The minimum absolute atomic E-state index is 0.165. The molecule has 2 aromatic heterocycles. The molecular formula is C20H19ClN4O2S. The van der Waals surface area contributed by atoms with E-state index in [0.717, 1.165) is 10.7 Å². The lowest BCUT2D eigenvalue weighted by Gasteiger charge is -2.35. The standard InChI is InChI=1S/C20H19ClN4O2S/c1-20(10-27-2)19(28-3)24-14-9-23-18-15(16(14)25-20)12(8-22-18)17(26)11-6-4-5-7-13(11)21/h4-9,25H,10H2,1-3H3,(H,22,23)/t20-/m0/s1. The van der Waals surface area contributed by atoms with Crippen LogP contribution in [0, 0.1) is 0 Å². The highest BCUT2D eigenvalue weighted by Gasteiger charge is 2.36. The first-order chi connectivity index (χ1) is 13.5. The zero-order valence-corrected chi connectivity index (χ0v) is 17.2. The van der Waals surface area contributed by atoms with Gasteiger partial charge in [0.05, 0.1) is 34.5 Å². The number of thioether (sulfide) groups is 1. The number of benzene rings is 1. The summed E-state index contributed by atoms with van der Waals surface area (Å²) in [6, 6.07) is 7.03. The maximum Gasteiger partial charge on any atom is 0.196 e. The van der Waals surface area contributed by atoms with Crippen LogP contribution in [0.3, 0.4) is 0 Å². The molecule has 0 fully saturated rings. The summed E-state index contributed by atoms with van der Waals surface area (Å²) < 4.78 is 5.42. The first-order valence-electron chi connectivity index (χ1n) is 8.68. The molecule has 1 aromatic carbocycles. The van der Waals surface area contributed by atoms with E-state index in [0.29, 0.717) is 39.5 Å². The van der Waals surface area contributed by atoms with Crippen LogP contribution in [0.4, 0.5) is 11.4 Å². The molecule has 2 N–H and O–H groups in total. The number of anilines is 1. The highest BCUT2D eigenvalue weighted by Crippen LogP contribution is 2.42. The van der Waals surface area contributed by atoms with Crippen molar-refractivity contribution in [3.8, 4) is 0 Å². The highest BCUT2D eigenvalue weighted by atomic mass is 35.5. The molecule has 0 saturated heterocycles. The summed E-state index contributed by atoms with van der Waals surface area (Å²) >= 11 is 7.81. The predicted octanol–water partition coefficient (Wildman–Crippen LogP) is 4.67. The number of nitrogens with zero attached hydrogens (tertiary/aromatic N) is 2. The number of ketones is 1. The number of halogens is 1. The lowest BCUT2D eigenvalue weighted by molar-refractivity contribution is 0.104. The molecule has 28 heavy (non-hydrogen) atoms. The van der Waals surface area contributed by atoms with Gasteiger partial charge in [-0.15, -0.1) is 11.8 Å². The average molecular weight is 415 g/mol. The Bertz CT molecular complexity index is 1110. The fraction of sp³-hybridized carbons (Fsp3) is 0.250. The topological polar surface area (TPSA) is 79.4 Å². The summed E-state index contributed by atoms with van der Waals surface area (Å²) in [7, 11) is 1.66. The van der Waals surface area contributed by atoms with E-state index in [2.05, 4.69) is 15.3 Å². The summed E-state index contributed by atoms with van der Waals surface area (Å²) in [6.45, 7) is 2.47. The predicted molar refractivity (Wildman–Crippen MR) is 115 cm³/mol. The number of rotatable bonds is 4. The molecule has 1 atom stereocenters. The number of pyridine rings is 1. The third-order valence-electron chi connectivity index (χ3n) is 4.77. The zero-order chi connectivity index (χ0) is 19.9. The molecule has 144 valence electrons. The normalized spacial score (nSPS) is 18.5. The van der Waals surface area contributed by atoms with Crippen LogP contribution in [-0.4, -0.2) is 46.3 Å². The van der Waals surface area contributed by atoms with E-state index < -0.39 is 5.54 Å². The average Bonchev–Trinajstić information content (AvgIpc) is 3.12. The van der Waals surface area contributed by atoms with Gasteiger partial charge in [-0.2, -0.15) is 0 Å². The maximum atomic E-state index is 13.2. The van der Waals surface area contributed by atoms with Crippen LogP contribution in [0.15, 0.2) is 41.7 Å². The molecule has 1 aliphatic rings. The number of hydrogen-bond donors (Lipinski definition) is 2. The third kappa shape index (κ3) is 2.99. The second-order valence-electron chi connectivity index (χ2n) is 6.76. The SMILES string of the molecule is COC[C@]1(C)Nc2c(cnc3[nH]cc(C(=O)c4ccccc4Cl)c23)N=C1SC. The van der Waals surface area contributed by atoms with E-state index in [-0.39, 0.29) is 5.78 Å². The van der Waals surface area contributed by atoms with Gasteiger partial charge in [-0.3, -0.25) is 4.79 Å². The number of fused-ring (bicyclic) bond motifs is 3. The van der Waals surface area contributed by atoms with Crippen molar-refractivity contribution < 1.29 is 9.53 Å². The first kappa shape index (κ1) is 19.0. The number of carbonyl (C=O) groups excluding carboxylic acids is 1. The smallest absolute Gasteiger partial charge is 0.196 e. The quantitative estimate of drug-likeness (QED) is 0.606. The molecule has 0 aliphatic carbocycles. The van der Waals surface area contributed by atoms with E-state index in [1.54, 1.807) is 55.5 Å². The van der Waals surface area contributed by atoms with Crippen LogP contribution in [0.5, 0.6) is 0 Å². The first-order valence-corrected chi connectivity index (χ1v) is 10.3. The van der Waals surface area contributed by atoms with Crippen molar-refractivity contribution in [1.29, 1.82) is 0 Å². The Hall–Kier alpha value is -2.35. The Labute approximate surface area is 171 Å². The molecule has 0 amide bonds. The number of aliphatic imine (C=N–C) groups is 1. The molecule has 0 unspecified atom stereocenters. The van der Waals surface area contributed by atoms with Gasteiger partial charge >= 0.3 is 0 Å². The zero-order valence-electron chi connectivity index (χ0n) is 15.7. The van der Waals surface area contributed by atoms with Crippen LogP contribution in [0.1, 0.15) is 22.8 Å². The van der Waals surface area contributed by atoms with Crippen molar-refractivity contribution in [3.05, 3.63) is 52.8 Å². The summed E-state index contributed by atoms with van der Waals surface area (Å²) in [5.74, 6) is -0.165. The molecular weight excluding hydrogens is 396 g/mol. The van der Waals surface area contributed by atoms with E-state index in [1.807, 2.05) is 13.2 Å². The molecule has 0 radical (unpaired) electrons. The number of ether oxygens (including phenoxy) is 1. The van der Waals surface area contributed by atoms with E-state index >= 15 is 0 Å². The fourth-order valence-corrected chi connectivity index (χ4v) is 4.46. The molecule has 4 rings (SSSR count). The monoisotopic (exact) mass is 414 g/mol. The molecule has 0 bridgehead atoms. The van der Waals surface area contributed by atoms with Crippen LogP contribution in [0.25, 0.3) is 11.0 Å². The van der Waals surface area contributed by atoms with Gasteiger partial charge in [0.25, 0.3) is 0 Å². The Kier molecular flexibility index (Phi) is 4.91. The molecule has 1 aliphatic heterocycles.